The molecule has 2 heterocycles. The first-order chi connectivity index (χ1) is 13.1. The van der Waals surface area contributed by atoms with E-state index in [1.54, 1.807) is 12.2 Å². The second-order valence-electron chi connectivity index (χ2n) is 5.95. The molecule has 6 nitrogen and oxygen atoms in total. The smallest absolute Gasteiger partial charge is 0.416 e. The van der Waals surface area contributed by atoms with Gasteiger partial charge in [-0.3, -0.25) is 0 Å². The van der Waals surface area contributed by atoms with Gasteiger partial charge in [-0.25, -0.2) is 23.5 Å². The second kappa shape index (κ2) is 7.06. The molecule has 0 bridgehead atoms. The third kappa shape index (κ3) is 3.87. The number of urea groups is 1. The highest BCUT2D eigenvalue weighted by molar-refractivity contribution is 5.89. The quantitative estimate of drug-likeness (QED) is 0.633. The van der Waals surface area contributed by atoms with E-state index in [1.807, 2.05) is 0 Å². The molecule has 0 saturated heterocycles. The molecule has 3 aromatic rings. The number of hydrogen-bond acceptors (Lipinski definition) is 4. The molecule has 0 saturated carbocycles. The van der Waals surface area contributed by atoms with E-state index < -0.39 is 41.2 Å². The SMILES string of the molecule is Cc1ncc(NC(=O)NC(c2oc3c(F)cc(F)cc3c2C)C(F)(F)F)cn1. The number of nitrogens with zero attached hydrogens (tertiary/aromatic N) is 2. The average molecular weight is 400 g/mol. The first-order valence-corrected chi connectivity index (χ1v) is 7.87. The molecular formula is C17H13F5N4O2. The van der Waals surface area contributed by atoms with Gasteiger partial charge in [-0.1, -0.05) is 0 Å². The lowest BCUT2D eigenvalue weighted by Crippen LogP contribution is -2.40. The number of rotatable bonds is 3. The van der Waals surface area contributed by atoms with Gasteiger partial charge in [0.15, 0.2) is 17.4 Å². The van der Waals surface area contributed by atoms with Crippen LogP contribution >= 0.6 is 0 Å². The third-order valence-corrected chi connectivity index (χ3v) is 3.90. The van der Waals surface area contributed by atoms with Gasteiger partial charge in [-0.2, -0.15) is 13.2 Å². The number of anilines is 1. The Hall–Kier alpha value is -3.24. The number of hydrogen-bond donors (Lipinski definition) is 2. The molecule has 1 aromatic carbocycles. The topological polar surface area (TPSA) is 80.0 Å². The van der Waals surface area contributed by atoms with E-state index in [0.717, 1.165) is 6.07 Å². The Kier molecular flexibility index (Phi) is 4.92. The van der Waals surface area contributed by atoms with E-state index in [-0.39, 0.29) is 16.6 Å². The number of benzene rings is 1. The number of alkyl halides is 3. The Balaban J connectivity index is 1.94. The van der Waals surface area contributed by atoms with Gasteiger partial charge in [0.05, 0.1) is 18.1 Å². The van der Waals surface area contributed by atoms with Gasteiger partial charge >= 0.3 is 12.2 Å². The van der Waals surface area contributed by atoms with Crippen LogP contribution in [0, 0.1) is 25.5 Å². The predicted octanol–water partition coefficient (Wildman–Crippen LogP) is 4.54. The van der Waals surface area contributed by atoms with Crippen LogP contribution < -0.4 is 10.6 Å². The van der Waals surface area contributed by atoms with Crippen LogP contribution in [0.4, 0.5) is 32.4 Å². The summed E-state index contributed by atoms with van der Waals surface area (Å²) in [5.41, 5.74) is -0.606. The van der Waals surface area contributed by atoms with E-state index in [2.05, 4.69) is 15.3 Å². The molecule has 0 aliphatic carbocycles. The highest BCUT2D eigenvalue weighted by Gasteiger charge is 2.45. The number of halogens is 5. The molecule has 2 amide bonds. The highest BCUT2D eigenvalue weighted by Crippen LogP contribution is 2.39. The van der Waals surface area contributed by atoms with Gasteiger partial charge in [0.25, 0.3) is 0 Å². The van der Waals surface area contributed by atoms with Crippen molar-refractivity contribution in [3.63, 3.8) is 0 Å². The zero-order valence-corrected chi connectivity index (χ0v) is 14.5. The van der Waals surface area contributed by atoms with Gasteiger partial charge in [-0.15, -0.1) is 0 Å². The van der Waals surface area contributed by atoms with Crippen molar-refractivity contribution in [2.24, 2.45) is 0 Å². The standard InChI is InChI=1S/C17H13F5N4O2/c1-7-11-3-9(18)4-12(19)14(11)28-13(7)15(17(20,21)22)26-16(27)25-10-5-23-8(2)24-6-10/h3-6,15H,1-2H3,(H2,25,26,27). The van der Waals surface area contributed by atoms with Crippen molar-refractivity contribution >= 4 is 22.7 Å². The van der Waals surface area contributed by atoms with E-state index in [0.29, 0.717) is 11.9 Å². The fourth-order valence-electron chi connectivity index (χ4n) is 2.59. The Bertz CT molecular complexity index is 1030. The van der Waals surface area contributed by atoms with Crippen molar-refractivity contribution in [1.82, 2.24) is 15.3 Å². The fourth-order valence-corrected chi connectivity index (χ4v) is 2.59. The summed E-state index contributed by atoms with van der Waals surface area (Å²) in [5.74, 6) is -2.45. The molecule has 28 heavy (non-hydrogen) atoms. The minimum Gasteiger partial charge on any atom is -0.455 e. The number of fused-ring (bicyclic) bond motifs is 1. The van der Waals surface area contributed by atoms with Crippen LogP contribution in [0.5, 0.6) is 0 Å². The Morgan fingerprint density at radius 3 is 2.39 bits per heavy atom. The largest absolute Gasteiger partial charge is 0.455 e. The van der Waals surface area contributed by atoms with Crippen molar-refractivity contribution in [3.05, 3.63) is 53.3 Å². The molecule has 0 radical (unpaired) electrons. The predicted molar refractivity (Wildman–Crippen MR) is 88.6 cm³/mol. The zero-order chi connectivity index (χ0) is 20.6. The number of furan rings is 1. The van der Waals surface area contributed by atoms with Crippen molar-refractivity contribution < 1.29 is 31.2 Å². The van der Waals surface area contributed by atoms with E-state index in [1.165, 1.54) is 19.3 Å². The molecule has 1 atom stereocenters. The van der Waals surface area contributed by atoms with Gasteiger partial charge < -0.3 is 15.1 Å². The summed E-state index contributed by atoms with van der Waals surface area (Å²) in [5, 5.41) is 3.74. The number of carbonyl (C=O) groups excluding carboxylic acids is 1. The van der Waals surface area contributed by atoms with Crippen LogP contribution in [0.3, 0.4) is 0 Å². The maximum absolute atomic E-state index is 13.9. The second-order valence-corrected chi connectivity index (χ2v) is 5.95. The van der Waals surface area contributed by atoms with Crippen LogP contribution in [0.25, 0.3) is 11.0 Å². The third-order valence-electron chi connectivity index (χ3n) is 3.90. The Labute approximate surface area is 154 Å². The molecular weight excluding hydrogens is 387 g/mol. The minimum absolute atomic E-state index is 0.0680. The molecule has 1 unspecified atom stereocenters. The summed E-state index contributed by atoms with van der Waals surface area (Å²) < 4.78 is 72.9. The fraction of sp³-hybridized carbons (Fsp3) is 0.235. The average Bonchev–Trinajstić information content (AvgIpc) is 2.91. The van der Waals surface area contributed by atoms with E-state index >= 15 is 0 Å². The lowest BCUT2D eigenvalue weighted by atomic mass is 10.1. The van der Waals surface area contributed by atoms with Crippen molar-refractivity contribution in [1.29, 1.82) is 0 Å². The summed E-state index contributed by atoms with van der Waals surface area (Å²) in [4.78, 5) is 19.6. The molecule has 0 aliphatic rings. The minimum atomic E-state index is -4.96. The first kappa shape index (κ1) is 19.5. The molecule has 0 aliphatic heterocycles. The van der Waals surface area contributed by atoms with Crippen LogP contribution in [0.2, 0.25) is 0 Å². The Morgan fingerprint density at radius 2 is 1.79 bits per heavy atom. The number of aryl methyl sites for hydroxylation is 2. The first-order valence-electron chi connectivity index (χ1n) is 7.87. The summed E-state index contributed by atoms with van der Waals surface area (Å²) in [6.07, 6.45) is -2.53. The number of amides is 2. The Morgan fingerprint density at radius 1 is 1.14 bits per heavy atom. The summed E-state index contributed by atoms with van der Waals surface area (Å²) in [6.45, 7) is 2.81. The van der Waals surface area contributed by atoms with E-state index in [9.17, 15) is 26.7 Å². The van der Waals surface area contributed by atoms with Gasteiger partial charge in [-0.05, 0) is 19.9 Å². The van der Waals surface area contributed by atoms with Crippen LogP contribution in [0.1, 0.15) is 23.2 Å². The van der Waals surface area contributed by atoms with Crippen LogP contribution in [-0.2, 0) is 0 Å². The maximum atomic E-state index is 13.9. The maximum Gasteiger partial charge on any atom is 0.416 e. The summed E-state index contributed by atoms with van der Waals surface area (Å²) in [6, 6.07) is -2.44. The molecule has 0 fully saturated rings. The zero-order valence-electron chi connectivity index (χ0n) is 14.5. The van der Waals surface area contributed by atoms with Crippen molar-refractivity contribution in [2.45, 2.75) is 26.1 Å². The monoisotopic (exact) mass is 400 g/mol. The van der Waals surface area contributed by atoms with Gasteiger partial charge in [0.2, 0.25) is 0 Å². The number of nitrogens with one attached hydrogen (secondary N) is 2. The van der Waals surface area contributed by atoms with Crippen molar-refractivity contribution in [3.8, 4) is 0 Å². The van der Waals surface area contributed by atoms with Gasteiger partial charge in [0.1, 0.15) is 17.4 Å². The van der Waals surface area contributed by atoms with Crippen LogP contribution in [0.15, 0.2) is 28.9 Å². The molecule has 3 rings (SSSR count). The van der Waals surface area contributed by atoms with Crippen molar-refractivity contribution in [2.75, 3.05) is 5.32 Å². The van der Waals surface area contributed by atoms with Crippen LogP contribution in [-0.4, -0.2) is 22.2 Å². The number of carbonyl (C=O) groups is 1. The normalized spacial score (nSPS) is 12.8. The summed E-state index contributed by atoms with van der Waals surface area (Å²) in [7, 11) is 0. The lowest BCUT2D eigenvalue weighted by Gasteiger charge is -2.20. The van der Waals surface area contributed by atoms with Gasteiger partial charge in [0, 0.05) is 17.0 Å². The number of aromatic nitrogens is 2. The molecule has 0 spiro atoms. The lowest BCUT2D eigenvalue weighted by molar-refractivity contribution is -0.158. The highest BCUT2D eigenvalue weighted by atomic mass is 19.4. The van der Waals surface area contributed by atoms with E-state index in [4.69, 9.17) is 4.42 Å². The molecule has 2 N–H and O–H groups in total. The molecule has 2 aromatic heterocycles. The summed E-state index contributed by atoms with van der Waals surface area (Å²) >= 11 is 0. The molecule has 11 heteroatoms. The molecule has 148 valence electrons.